The minimum atomic E-state index is -0.692. The average molecular weight is 259 g/mol. The fourth-order valence-corrected chi connectivity index (χ4v) is 2.43. The van der Waals surface area contributed by atoms with Gasteiger partial charge in [-0.05, 0) is 27.6 Å². The van der Waals surface area contributed by atoms with Gasteiger partial charge in [-0.2, -0.15) is 0 Å². The molecule has 1 aliphatic heterocycles. The molecule has 1 heterocycles. The van der Waals surface area contributed by atoms with E-state index in [4.69, 9.17) is 4.74 Å². The van der Waals surface area contributed by atoms with Crippen LogP contribution in [0.1, 0.15) is 13.8 Å². The molecule has 0 radical (unpaired) electrons. The molecule has 0 amide bonds. The molecule has 108 valence electrons. The number of likely N-dealkylation sites (N-methyl/N-ethyl adjacent to an activating group) is 2. The Morgan fingerprint density at radius 2 is 2.22 bits per heavy atom. The molecule has 5 heteroatoms. The van der Waals surface area contributed by atoms with E-state index >= 15 is 0 Å². The molecule has 2 unspecified atom stereocenters. The molecular formula is C13H29N3O2. The van der Waals surface area contributed by atoms with E-state index in [0.29, 0.717) is 13.1 Å². The molecule has 18 heavy (non-hydrogen) atoms. The van der Waals surface area contributed by atoms with Crippen LogP contribution in [0.15, 0.2) is 0 Å². The Labute approximate surface area is 111 Å². The maximum atomic E-state index is 10.2. The van der Waals surface area contributed by atoms with Gasteiger partial charge in [-0.25, -0.2) is 0 Å². The second-order valence-electron chi connectivity index (χ2n) is 5.75. The predicted octanol–water partition coefficient (Wildman–Crippen LogP) is -0.391. The lowest BCUT2D eigenvalue weighted by Gasteiger charge is -2.33. The van der Waals surface area contributed by atoms with Gasteiger partial charge in [0.25, 0.3) is 0 Å². The Morgan fingerprint density at radius 3 is 2.83 bits per heavy atom. The van der Waals surface area contributed by atoms with Gasteiger partial charge in [0, 0.05) is 32.7 Å². The number of ether oxygens (including phenoxy) is 1. The fraction of sp³-hybridized carbons (Fsp3) is 1.00. The molecule has 1 fully saturated rings. The van der Waals surface area contributed by atoms with E-state index in [1.807, 2.05) is 25.9 Å². The van der Waals surface area contributed by atoms with Gasteiger partial charge in [-0.1, -0.05) is 6.92 Å². The molecule has 0 aliphatic carbocycles. The Kier molecular flexibility index (Phi) is 6.52. The zero-order chi connectivity index (χ0) is 13.6. The highest BCUT2D eigenvalue weighted by Gasteiger charge is 2.23. The van der Waals surface area contributed by atoms with Crippen molar-refractivity contribution in [1.29, 1.82) is 0 Å². The van der Waals surface area contributed by atoms with E-state index in [1.54, 1.807) is 0 Å². The molecule has 0 bridgehead atoms. The monoisotopic (exact) mass is 259 g/mol. The standard InChI is InChI=1S/C13H29N3O2/c1-5-16-6-7-18-12(9-16)8-14-10-13(2,17)11-15(3)4/h12,14,17H,5-11H2,1-4H3. The van der Waals surface area contributed by atoms with E-state index < -0.39 is 5.60 Å². The Balaban J connectivity index is 2.20. The smallest absolute Gasteiger partial charge is 0.0869 e. The molecule has 0 saturated carbocycles. The molecule has 0 spiro atoms. The largest absolute Gasteiger partial charge is 0.388 e. The number of hydrogen-bond donors (Lipinski definition) is 2. The quantitative estimate of drug-likeness (QED) is 0.652. The second kappa shape index (κ2) is 7.40. The third-order valence-corrected chi connectivity index (χ3v) is 3.20. The fourth-order valence-electron chi connectivity index (χ4n) is 2.43. The van der Waals surface area contributed by atoms with Gasteiger partial charge in [0.15, 0.2) is 0 Å². The number of rotatable bonds is 7. The number of nitrogens with zero attached hydrogens (tertiary/aromatic N) is 2. The molecule has 2 N–H and O–H groups in total. The van der Waals surface area contributed by atoms with Gasteiger partial charge >= 0.3 is 0 Å². The highest BCUT2D eigenvalue weighted by Crippen LogP contribution is 2.05. The molecule has 0 aromatic heterocycles. The van der Waals surface area contributed by atoms with Crippen molar-refractivity contribution in [3.63, 3.8) is 0 Å². The van der Waals surface area contributed by atoms with E-state index in [-0.39, 0.29) is 6.10 Å². The van der Waals surface area contributed by atoms with Crippen LogP contribution in [0.4, 0.5) is 0 Å². The van der Waals surface area contributed by atoms with Crippen LogP contribution in [0.3, 0.4) is 0 Å². The van der Waals surface area contributed by atoms with Crippen molar-refractivity contribution in [2.24, 2.45) is 0 Å². The number of morpholine rings is 1. The molecule has 0 aromatic carbocycles. The van der Waals surface area contributed by atoms with E-state index in [9.17, 15) is 5.11 Å². The summed E-state index contributed by atoms with van der Waals surface area (Å²) in [6.45, 7) is 10.0. The van der Waals surface area contributed by atoms with Crippen molar-refractivity contribution >= 4 is 0 Å². The first kappa shape index (κ1) is 15.9. The van der Waals surface area contributed by atoms with Crippen LogP contribution in [0.25, 0.3) is 0 Å². The van der Waals surface area contributed by atoms with Crippen LogP contribution in [0.5, 0.6) is 0 Å². The third-order valence-electron chi connectivity index (χ3n) is 3.20. The van der Waals surface area contributed by atoms with Crippen LogP contribution >= 0.6 is 0 Å². The van der Waals surface area contributed by atoms with Crippen LogP contribution in [0, 0.1) is 0 Å². The van der Waals surface area contributed by atoms with Crippen molar-refractivity contribution in [1.82, 2.24) is 15.1 Å². The minimum absolute atomic E-state index is 0.244. The number of aliphatic hydroxyl groups is 1. The summed E-state index contributed by atoms with van der Waals surface area (Å²) < 4.78 is 5.71. The summed E-state index contributed by atoms with van der Waals surface area (Å²) >= 11 is 0. The first-order valence-corrected chi connectivity index (χ1v) is 6.85. The van der Waals surface area contributed by atoms with Crippen LogP contribution in [-0.2, 0) is 4.74 Å². The summed E-state index contributed by atoms with van der Waals surface area (Å²) in [7, 11) is 3.94. The lowest BCUT2D eigenvalue weighted by molar-refractivity contribution is -0.0295. The Bertz CT molecular complexity index is 234. The highest BCUT2D eigenvalue weighted by atomic mass is 16.5. The summed E-state index contributed by atoms with van der Waals surface area (Å²) in [4.78, 5) is 4.39. The minimum Gasteiger partial charge on any atom is -0.388 e. The van der Waals surface area contributed by atoms with Crippen LogP contribution in [0.2, 0.25) is 0 Å². The van der Waals surface area contributed by atoms with E-state index in [0.717, 1.165) is 32.8 Å². The van der Waals surface area contributed by atoms with Crippen molar-refractivity contribution in [2.45, 2.75) is 25.6 Å². The van der Waals surface area contributed by atoms with Gasteiger partial charge in [-0.3, -0.25) is 4.90 Å². The Morgan fingerprint density at radius 1 is 1.50 bits per heavy atom. The maximum absolute atomic E-state index is 10.2. The van der Waals surface area contributed by atoms with Gasteiger partial charge < -0.3 is 20.1 Å². The molecule has 1 aliphatic rings. The predicted molar refractivity (Wildman–Crippen MR) is 73.9 cm³/mol. The number of hydrogen-bond acceptors (Lipinski definition) is 5. The third kappa shape index (κ3) is 6.11. The normalized spacial score (nSPS) is 25.3. The summed E-state index contributed by atoms with van der Waals surface area (Å²) in [5.41, 5.74) is -0.692. The summed E-state index contributed by atoms with van der Waals surface area (Å²) in [5.74, 6) is 0. The number of nitrogens with one attached hydrogen (secondary N) is 1. The van der Waals surface area contributed by atoms with Crippen molar-refractivity contribution < 1.29 is 9.84 Å². The molecule has 5 nitrogen and oxygen atoms in total. The zero-order valence-electron chi connectivity index (χ0n) is 12.3. The molecule has 0 aromatic rings. The van der Waals surface area contributed by atoms with Gasteiger partial charge in [-0.15, -0.1) is 0 Å². The average Bonchev–Trinajstić information content (AvgIpc) is 2.27. The lowest BCUT2D eigenvalue weighted by atomic mass is 10.1. The van der Waals surface area contributed by atoms with Gasteiger partial charge in [0.05, 0.1) is 18.3 Å². The van der Waals surface area contributed by atoms with E-state index in [2.05, 4.69) is 17.1 Å². The maximum Gasteiger partial charge on any atom is 0.0869 e. The highest BCUT2D eigenvalue weighted by molar-refractivity contribution is 4.80. The topological polar surface area (TPSA) is 48.0 Å². The summed E-state index contributed by atoms with van der Waals surface area (Å²) in [6, 6.07) is 0. The van der Waals surface area contributed by atoms with Crippen molar-refractivity contribution in [3.05, 3.63) is 0 Å². The molecule has 1 saturated heterocycles. The summed E-state index contributed by atoms with van der Waals surface area (Å²) in [5, 5.41) is 13.5. The first-order chi connectivity index (χ1) is 8.43. The molecular weight excluding hydrogens is 230 g/mol. The van der Waals surface area contributed by atoms with Gasteiger partial charge in [0.2, 0.25) is 0 Å². The first-order valence-electron chi connectivity index (χ1n) is 6.85. The van der Waals surface area contributed by atoms with Crippen LogP contribution in [-0.4, -0.2) is 86.6 Å². The van der Waals surface area contributed by atoms with Crippen molar-refractivity contribution in [2.75, 3.05) is 60.0 Å². The molecule has 2 atom stereocenters. The SMILES string of the molecule is CCN1CCOC(CNCC(C)(O)CN(C)C)C1. The van der Waals surface area contributed by atoms with E-state index in [1.165, 1.54) is 0 Å². The lowest BCUT2D eigenvalue weighted by Crippen LogP contribution is -2.50. The Hall–Kier alpha value is -0.200. The second-order valence-corrected chi connectivity index (χ2v) is 5.75. The molecule has 1 rings (SSSR count). The summed E-state index contributed by atoms with van der Waals surface area (Å²) in [6.07, 6.45) is 0.244. The van der Waals surface area contributed by atoms with Crippen LogP contribution < -0.4 is 5.32 Å². The zero-order valence-corrected chi connectivity index (χ0v) is 12.3. The van der Waals surface area contributed by atoms with Gasteiger partial charge in [0.1, 0.15) is 0 Å². The van der Waals surface area contributed by atoms with Crippen molar-refractivity contribution in [3.8, 4) is 0 Å².